The Morgan fingerprint density at radius 1 is 1.14 bits per heavy atom. The van der Waals surface area contributed by atoms with Crippen LogP contribution in [0.2, 0.25) is 0 Å². The Morgan fingerprint density at radius 2 is 1.97 bits per heavy atom. The number of hydrogen-bond acceptors (Lipinski definition) is 3. The lowest BCUT2D eigenvalue weighted by molar-refractivity contribution is 0.198. The van der Waals surface area contributed by atoms with Crippen molar-refractivity contribution < 1.29 is 14.2 Å². The molecule has 2 aromatic carbocycles. The Kier molecular flexibility index (Phi) is 6.56. The molecule has 1 saturated heterocycles. The van der Waals surface area contributed by atoms with Crippen LogP contribution in [0.3, 0.4) is 0 Å². The minimum atomic E-state index is -0.252. The van der Waals surface area contributed by atoms with Gasteiger partial charge in [0.1, 0.15) is 17.6 Å². The molecule has 1 N–H and O–H groups in total. The van der Waals surface area contributed by atoms with Gasteiger partial charge in [-0.25, -0.2) is 0 Å². The van der Waals surface area contributed by atoms with E-state index in [1.165, 1.54) is 21.2 Å². The van der Waals surface area contributed by atoms with Crippen molar-refractivity contribution in [3.8, 4) is 11.5 Å². The van der Waals surface area contributed by atoms with Crippen LogP contribution >= 0.6 is 15.9 Å². The summed E-state index contributed by atoms with van der Waals surface area (Å²) in [6, 6.07) is 14.0. The van der Waals surface area contributed by atoms with Gasteiger partial charge in [-0.15, -0.1) is 0 Å². The highest BCUT2D eigenvalue weighted by atomic mass is 79.9. The first-order valence-corrected chi connectivity index (χ1v) is 11.2. The van der Waals surface area contributed by atoms with Gasteiger partial charge in [0.2, 0.25) is 0 Å². The van der Waals surface area contributed by atoms with Crippen molar-refractivity contribution in [2.75, 3.05) is 26.3 Å². The predicted molar refractivity (Wildman–Crippen MR) is 119 cm³/mol. The average Bonchev–Trinajstić information content (AvgIpc) is 3.09. The molecule has 0 amide bonds. The van der Waals surface area contributed by atoms with Crippen molar-refractivity contribution >= 4 is 21.5 Å². The summed E-state index contributed by atoms with van der Waals surface area (Å²) in [4.78, 5) is 2.28. The van der Waals surface area contributed by atoms with Crippen LogP contribution in [0.1, 0.15) is 42.4 Å². The van der Waals surface area contributed by atoms with E-state index in [-0.39, 0.29) is 12.8 Å². The van der Waals surface area contributed by atoms with Gasteiger partial charge in [-0.2, -0.15) is 0 Å². The summed E-state index contributed by atoms with van der Waals surface area (Å²) in [5, 5.41) is 9.88. The number of aryl methyl sites for hydroxylation is 1. The molecule has 1 fully saturated rings. The third-order valence-corrected chi connectivity index (χ3v) is 6.55. The molecule has 1 aliphatic heterocycles. The topological polar surface area (TPSA) is 32.7 Å². The van der Waals surface area contributed by atoms with Gasteiger partial charge in [-0.3, -0.25) is 9.29 Å². The summed E-state index contributed by atoms with van der Waals surface area (Å²) in [7, 11) is 0. The van der Waals surface area contributed by atoms with Crippen molar-refractivity contribution in [3.63, 3.8) is 0 Å². The zero-order chi connectivity index (χ0) is 20.2. The number of phenolic OH excluding ortho intramolecular Hbond substituents is 1. The SMILES string of the molecule is Oc1ccc2c(c1)CCCC(Br)=C2c1ccc(OC2CCN(CCCF)C2)cc1. The quantitative estimate of drug-likeness (QED) is 0.601. The summed E-state index contributed by atoms with van der Waals surface area (Å²) in [5.41, 5.74) is 4.71. The average molecular weight is 460 g/mol. The van der Waals surface area contributed by atoms with Crippen LogP contribution in [-0.2, 0) is 6.42 Å². The van der Waals surface area contributed by atoms with Gasteiger partial charge in [0.05, 0.1) is 6.67 Å². The van der Waals surface area contributed by atoms with Crippen LogP contribution in [0.4, 0.5) is 4.39 Å². The molecule has 5 heteroatoms. The number of likely N-dealkylation sites (tertiary alicyclic amines) is 1. The number of nitrogens with zero attached hydrogens (tertiary/aromatic N) is 1. The lowest BCUT2D eigenvalue weighted by atomic mass is 9.93. The molecule has 4 rings (SSSR count). The fraction of sp³-hybridized carbons (Fsp3) is 0.417. The summed E-state index contributed by atoms with van der Waals surface area (Å²) in [6.07, 6.45) is 4.77. The maximum Gasteiger partial charge on any atom is 0.119 e. The molecule has 154 valence electrons. The number of ether oxygens (including phenoxy) is 1. The largest absolute Gasteiger partial charge is 0.508 e. The molecule has 0 aromatic heterocycles. The molecule has 0 bridgehead atoms. The van der Waals surface area contributed by atoms with Gasteiger partial charge in [-0.05, 0) is 78.6 Å². The summed E-state index contributed by atoms with van der Waals surface area (Å²) in [5.74, 6) is 1.20. The fourth-order valence-electron chi connectivity index (χ4n) is 4.32. The van der Waals surface area contributed by atoms with E-state index in [0.29, 0.717) is 12.2 Å². The normalized spacial score (nSPS) is 19.9. The van der Waals surface area contributed by atoms with Gasteiger partial charge in [0, 0.05) is 24.1 Å². The summed E-state index contributed by atoms with van der Waals surface area (Å²) < 4.78 is 19.7. The van der Waals surface area contributed by atoms with E-state index >= 15 is 0 Å². The molecular weight excluding hydrogens is 433 g/mol. The number of phenols is 1. The Balaban J connectivity index is 1.50. The second-order valence-corrected chi connectivity index (χ2v) is 8.83. The molecule has 1 heterocycles. The van der Waals surface area contributed by atoms with Crippen molar-refractivity contribution in [3.05, 3.63) is 63.6 Å². The van der Waals surface area contributed by atoms with Crippen LogP contribution in [-0.4, -0.2) is 42.4 Å². The second kappa shape index (κ2) is 9.31. The summed E-state index contributed by atoms with van der Waals surface area (Å²) >= 11 is 3.80. The summed E-state index contributed by atoms with van der Waals surface area (Å²) in [6.45, 7) is 2.41. The minimum Gasteiger partial charge on any atom is -0.508 e. The highest BCUT2D eigenvalue weighted by molar-refractivity contribution is 9.11. The molecule has 3 nitrogen and oxygen atoms in total. The Labute approximate surface area is 180 Å². The Bertz CT molecular complexity index is 881. The van der Waals surface area contributed by atoms with E-state index in [1.54, 1.807) is 6.07 Å². The van der Waals surface area contributed by atoms with E-state index in [9.17, 15) is 9.50 Å². The lowest BCUT2D eigenvalue weighted by Crippen LogP contribution is -2.26. The predicted octanol–water partition coefficient (Wildman–Crippen LogP) is 5.70. The molecule has 29 heavy (non-hydrogen) atoms. The number of halogens is 2. The van der Waals surface area contributed by atoms with Crippen LogP contribution in [0.25, 0.3) is 5.57 Å². The first-order chi connectivity index (χ1) is 14.1. The molecule has 0 saturated carbocycles. The third kappa shape index (κ3) is 4.84. The van der Waals surface area contributed by atoms with Crippen LogP contribution in [0, 0.1) is 0 Å². The molecule has 0 radical (unpaired) electrons. The number of alkyl halides is 1. The number of aromatic hydroxyl groups is 1. The standard InChI is InChI=1S/C24H27BrFNO2/c25-23-4-1-3-18-15-19(28)7-10-22(18)24(23)17-5-8-20(9-6-17)29-21-11-14-27(16-21)13-2-12-26/h5-10,15,21,28H,1-4,11-14,16H2. The van der Waals surface area contributed by atoms with Gasteiger partial charge < -0.3 is 9.84 Å². The molecule has 2 aliphatic rings. The van der Waals surface area contributed by atoms with Crippen molar-refractivity contribution in [1.82, 2.24) is 4.90 Å². The van der Waals surface area contributed by atoms with Crippen LogP contribution in [0.15, 0.2) is 46.9 Å². The molecule has 0 spiro atoms. The molecule has 2 aromatic rings. The molecule has 1 aliphatic carbocycles. The Hall–Kier alpha value is -1.85. The van der Waals surface area contributed by atoms with E-state index in [2.05, 4.69) is 33.0 Å². The van der Waals surface area contributed by atoms with Crippen molar-refractivity contribution in [1.29, 1.82) is 0 Å². The monoisotopic (exact) mass is 459 g/mol. The fourth-order valence-corrected chi connectivity index (χ4v) is 5.04. The van der Waals surface area contributed by atoms with Gasteiger partial charge in [-0.1, -0.05) is 34.1 Å². The molecular formula is C24H27BrFNO2. The maximum atomic E-state index is 12.4. The second-order valence-electron chi connectivity index (χ2n) is 7.87. The van der Waals surface area contributed by atoms with Crippen molar-refractivity contribution in [2.45, 2.75) is 38.2 Å². The number of benzene rings is 2. The lowest BCUT2D eigenvalue weighted by Gasteiger charge is -2.17. The van der Waals surface area contributed by atoms with E-state index in [1.807, 2.05) is 24.3 Å². The maximum absolute atomic E-state index is 12.4. The van der Waals surface area contributed by atoms with Gasteiger partial charge in [0.25, 0.3) is 0 Å². The Morgan fingerprint density at radius 3 is 2.76 bits per heavy atom. The van der Waals surface area contributed by atoms with Gasteiger partial charge >= 0.3 is 0 Å². The first-order valence-electron chi connectivity index (χ1n) is 10.4. The van der Waals surface area contributed by atoms with E-state index < -0.39 is 0 Å². The first kappa shape index (κ1) is 20.4. The van der Waals surface area contributed by atoms with Gasteiger partial charge in [0.15, 0.2) is 0 Å². The number of rotatable bonds is 6. The van der Waals surface area contributed by atoms with Crippen molar-refractivity contribution in [2.24, 2.45) is 0 Å². The molecule has 1 unspecified atom stereocenters. The van der Waals surface area contributed by atoms with Crippen LogP contribution in [0.5, 0.6) is 11.5 Å². The zero-order valence-electron chi connectivity index (χ0n) is 16.5. The number of allylic oxidation sites excluding steroid dienone is 1. The number of fused-ring (bicyclic) bond motifs is 1. The molecule has 1 atom stereocenters. The smallest absolute Gasteiger partial charge is 0.119 e. The third-order valence-electron chi connectivity index (χ3n) is 5.75. The highest BCUT2D eigenvalue weighted by Crippen LogP contribution is 2.39. The van der Waals surface area contributed by atoms with Crippen LogP contribution < -0.4 is 4.74 Å². The number of hydrogen-bond donors (Lipinski definition) is 1. The van der Waals surface area contributed by atoms with E-state index in [4.69, 9.17) is 4.74 Å². The zero-order valence-corrected chi connectivity index (χ0v) is 18.1. The minimum absolute atomic E-state index is 0.174. The van der Waals surface area contributed by atoms with E-state index in [0.717, 1.165) is 56.6 Å². The highest BCUT2D eigenvalue weighted by Gasteiger charge is 2.24.